The standard InChI is InChI=1S/C35H52N2O6S/c1-2-3-4-5-6-7-8-9-10-11-12-13-14-15-16-17-26-36-35(39)29-27-34(38)37(28-29)30-18-20-31(21-19-30)43-32-22-24-33(25-23-32)44(40,41)42/h18-25,29H,2-17,26-28H2,1H3,(H,36,39)(H,40,41,42). The van der Waals surface area contributed by atoms with Crippen molar-refractivity contribution in [1.82, 2.24) is 5.32 Å². The van der Waals surface area contributed by atoms with Crippen molar-refractivity contribution in [3.8, 4) is 11.5 Å². The molecule has 1 heterocycles. The minimum atomic E-state index is -4.26. The zero-order chi connectivity index (χ0) is 31.6. The first-order valence-electron chi connectivity index (χ1n) is 16.7. The average Bonchev–Trinajstić information content (AvgIpc) is 3.40. The molecule has 244 valence electrons. The van der Waals surface area contributed by atoms with E-state index >= 15 is 0 Å². The van der Waals surface area contributed by atoms with E-state index in [9.17, 15) is 18.0 Å². The van der Waals surface area contributed by atoms with Crippen LogP contribution in [0.4, 0.5) is 5.69 Å². The molecule has 0 spiro atoms. The van der Waals surface area contributed by atoms with Gasteiger partial charge >= 0.3 is 0 Å². The molecule has 8 nitrogen and oxygen atoms in total. The summed E-state index contributed by atoms with van der Waals surface area (Å²) in [6, 6.07) is 12.4. The van der Waals surface area contributed by atoms with E-state index in [4.69, 9.17) is 9.29 Å². The molecule has 44 heavy (non-hydrogen) atoms. The van der Waals surface area contributed by atoms with Gasteiger partial charge in [-0.1, -0.05) is 103 Å². The van der Waals surface area contributed by atoms with Gasteiger partial charge in [0.05, 0.1) is 10.8 Å². The van der Waals surface area contributed by atoms with E-state index < -0.39 is 10.1 Å². The maximum atomic E-state index is 12.7. The normalized spacial score (nSPS) is 15.1. The number of rotatable bonds is 22. The average molecular weight is 629 g/mol. The summed E-state index contributed by atoms with van der Waals surface area (Å²) in [6.07, 6.45) is 21.3. The Kier molecular flexibility index (Phi) is 15.7. The zero-order valence-corrected chi connectivity index (χ0v) is 27.3. The zero-order valence-electron chi connectivity index (χ0n) is 26.5. The summed E-state index contributed by atoms with van der Waals surface area (Å²) >= 11 is 0. The molecule has 2 aromatic rings. The summed E-state index contributed by atoms with van der Waals surface area (Å²) in [6.45, 7) is 3.27. The molecule has 2 amide bonds. The number of unbranched alkanes of at least 4 members (excludes halogenated alkanes) is 15. The lowest BCUT2D eigenvalue weighted by molar-refractivity contribution is -0.126. The Labute approximate surface area is 264 Å². The van der Waals surface area contributed by atoms with Gasteiger partial charge in [-0.05, 0) is 55.0 Å². The first kappa shape index (κ1) is 35.6. The quantitative estimate of drug-likeness (QED) is 0.0999. The van der Waals surface area contributed by atoms with Crippen molar-refractivity contribution in [2.45, 2.75) is 121 Å². The van der Waals surface area contributed by atoms with Crippen LogP contribution in [0.3, 0.4) is 0 Å². The number of amides is 2. The molecule has 0 aromatic heterocycles. The number of carbonyl (C=O) groups excluding carboxylic acids is 2. The van der Waals surface area contributed by atoms with Crippen molar-refractivity contribution >= 4 is 27.6 Å². The lowest BCUT2D eigenvalue weighted by atomic mass is 10.0. The molecule has 2 N–H and O–H groups in total. The summed E-state index contributed by atoms with van der Waals surface area (Å²) in [5.41, 5.74) is 0.692. The SMILES string of the molecule is CCCCCCCCCCCCCCCCCCNC(=O)C1CC(=O)N(c2ccc(Oc3ccc(S(=O)(=O)O)cc3)cc2)C1. The molecule has 1 aliphatic rings. The van der Waals surface area contributed by atoms with Crippen LogP contribution in [0, 0.1) is 5.92 Å². The van der Waals surface area contributed by atoms with E-state index in [0.29, 0.717) is 30.3 Å². The molecular weight excluding hydrogens is 576 g/mol. The van der Waals surface area contributed by atoms with Crippen LogP contribution in [0.1, 0.15) is 116 Å². The third-order valence-corrected chi connectivity index (χ3v) is 9.20. The molecule has 1 aliphatic heterocycles. The fourth-order valence-electron chi connectivity index (χ4n) is 5.67. The van der Waals surface area contributed by atoms with Crippen LogP contribution in [0.5, 0.6) is 11.5 Å². The fourth-order valence-corrected chi connectivity index (χ4v) is 6.15. The second-order valence-electron chi connectivity index (χ2n) is 12.0. The lowest BCUT2D eigenvalue weighted by Crippen LogP contribution is -2.33. The van der Waals surface area contributed by atoms with E-state index in [0.717, 1.165) is 12.8 Å². The maximum Gasteiger partial charge on any atom is 0.294 e. The van der Waals surface area contributed by atoms with Gasteiger partial charge in [0.25, 0.3) is 10.1 Å². The van der Waals surface area contributed by atoms with E-state index in [1.165, 1.54) is 114 Å². The monoisotopic (exact) mass is 628 g/mol. The highest BCUT2D eigenvalue weighted by Gasteiger charge is 2.35. The van der Waals surface area contributed by atoms with Crippen LogP contribution in [-0.2, 0) is 19.7 Å². The van der Waals surface area contributed by atoms with Gasteiger partial charge in [0.2, 0.25) is 11.8 Å². The van der Waals surface area contributed by atoms with Gasteiger partial charge in [0.15, 0.2) is 0 Å². The minimum Gasteiger partial charge on any atom is -0.457 e. The molecule has 0 bridgehead atoms. The van der Waals surface area contributed by atoms with Crippen molar-refractivity contribution in [3.05, 3.63) is 48.5 Å². The van der Waals surface area contributed by atoms with Gasteiger partial charge in [-0.15, -0.1) is 0 Å². The highest BCUT2D eigenvalue weighted by Crippen LogP contribution is 2.29. The maximum absolute atomic E-state index is 12.7. The summed E-state index contributed by atoms with van der Waals surface area (Å²) in [5, 5.41) is 3.03. The van der Waals surface area contributed by atoms with Crippen molar-refractivity contribution < 1.29 is 27.3 Å². The topological polar surface area (TPSA) is 113 Å². The Morgan fingerprint density at radius 1 is 0.773 bits per heavy atom. The second-order valence-corrected chi connectivity index (χ2v) is 13.5. The Balaban J connectivity index is 1.23. The number of nitrogens with zero attached hydrogens (tertiary/aromatic N) is 1. The molecule has 0 radical (unpaired) electrons. The first-order valence-corrected chi connectivity index (χ1v) is 18.2. The third kappa shape index (κ3) is 13.0. The summed E-state index contributed by atoms with van der Waals surface area (Å²) in [5.74, 6) is 0.412. The highest BCUT2D eigenvalue weighted by molar-refractivity contribution is 7.85. The van der Waals surface area contributed by atoms with Crippen LogP contribution in [-0.4, -0.2) is 37.9 Å². The number of nitrogens with one attached hydrogen (secondary N) is 1. The van der Waals surface area contributed by atoms with Crippen LogP contribution < -0.4 is 15.0 Å². The summed E-state index contributed by atoms with van der Waals surface area (Å²) in [4.78, 5) is 26.8. The molecule has 3 rings (SSSR count). The number of benzene rings is 2. The second kappa shape index (κ2) is 19.5. The van der Waals surface area contributed by atoms with E-state index in [1.807, 2.05) is 0 Å². The molecule has 1 fully saturated rings. The van der Waals surface area contributed by atoms with E-state index in [2.05, 4.69) is 12.2 Å². The number of anilines is 1. The van der Waals surface area contributed by atoms with Crippen LogP contribution in [0.15, 0.2) is 53.4 Å². The molecule has 1 atom stereocenters. The molecule has 1 unspecified atom stereocenters. The van der Waals surface area contributed by atoms with Gasteiger partial charge in [-0.3, -0.25) is 14.1 Å². The van der Waals surface area contributed by atoms with Gasteiger partial charge < -0.3 is 15.0 Å². The minimum absolute atomic E-state index is 0.0601. The molecule has 1 saturated heterocycles. The van der Waals surface area contributed by atoms with Crippen molar-refractivity contribution in [2.75, 3.05) is 18.0 Å². The summed E-state index contributed by atoms with van der Waals surface area (Å²) < 4.78 is 37.2. The smallest absolute Gasteiger partial charge is 0.294 e. The van der Waals surface area contributed by atoms with Crippen LogP contribution in [0.25, 0.3) is 0 Å². The predicted molar refractivity (Wildman–Crippen MR) is 176 cm³/mol. The third-order valence-electron chi connectivity index (χ3n) is 8.33. The van der Waals surface area contributed by atoms with Gasteiger partial charge in [-0.2, -0.15) is 8.42 Å². The Morgan fingerprint density at radius 3 is 1.70 bits per heavy atom. The molecule has 2 aromatic carbocycles. The highest BCUT2D eigenvalue weighted by atomic mass is 32.2. The fraction of sp³-hybridized carbons (Fsp3) is 0.600. The lowest BCUT2D eigenvalue weighted by Gasteiger charge is -2.17. The number of hydrogen-bond donors (Lipinski definition) is 2. The number of ether oxygens (including phenoxy) is 1. The first-order chi connectivity index (χ1) is 21.3. The largest absolute Gasteiger partial charge is 0.457 e. The number of carbonyl (C=O) groups is 2. The van der Waals surface area contributed by atoms with Crippen molar-refractivity contribution in [3.63, 3.8) is 0 Å². The van der Waals surface area contributed by atoms with Gasteiger partial charge in [0.1, 0.15) is 11.5 Å². The molecule has 0 aliphatic carbocycles. The molecule has 0 saturated carbocycles. The predicted octanol–water partition coefficient (Wildman–Crippen LogP) is 8.46. The van der Waals surface area contributed by atoms with Crippen LogP contribution >= 0.6 is 0 Å². The van der Waals surface area contributed by atoms with Gasteiger partial charge in [-0.25, -0.2) is 0 Å². The Bertz CT molecular complexity index is 1230. The van der Waals surface area contributed by atoms with Crippen molar-refractivity contribution in [1.29, 1.82) is 0 Å². The molecular formula is C35H52N2O6S. The Morgan fingerprint density at radius 2 is 1.23 bits per heavy atom. The van der Waals surface area contributed by atoms with Gasteiger partial charge in [0, 0.05) is 25.2 Å². The summed E-state index contributed by atoms with van der Waals surface area (Å²) in [7, 11) is -4.26. The Hall–Kier alpha value is -2.91. The van der Waals surface area contributed by atoms with E-state index in [-0.39, 0.29) is 29.0 Å². The van der Waals surface area contributed by atoms with Crippen molar-refractivity contribution in [2.24, 2.45) is 5.92 Å². The molecule has 9 heteroatoms. The number of hydrogen-bond acceptors (Lipinski definition) is 5. The van der Waals surface area contributed by atoms with Crippen LogP contribution in [0.2, 0.25) is 0 Å². The van der Waals surface area contributed by atoms with E-state index in [1.54, 1.807) is 29.2 Å².